The predicted molar refractivity (Wildman–Crippen MR) is 74.9 cm³/mol. The monoisotopic (exact) mass is 285 g/mol. The van der Waals surface area contributed by atoms with Crippen molar-refractivity contribution < 1.29 is 19.1 Å². The molecule has 6 heteroatoms. The van der Waals surface area contributed by atoms with Gasteiger partial charge in [0.1, 0.15) is 5.00 Å². The number of ether oxygens (including phenoxy) is 2. The Morgan fingerprint density at radius 3 is 2.58 bits per heavy atom. The zero-order valence-corrected chi connectivity index (χ0v) is 12.4. The van der Waals surface area contributed by atoms with Crippen LogP contribution in [0.15, 0.2) is 6.07 Å². The van der Waals surface area contributed by atoms with Gasteiger partial charge in [0.15, 0.2) is 0 Å². The number of thiophene rings is 1. The van der Waals surface area contributed by atoms with Gasteiger partial charge in [-0.2, -0.15) is 0 Å². The SMILES string of the molecule is CCOC(=O)c1cc(CC)sc1NC(=O)OC(C)C. The third-order valence-electron chi connectivity index (χ3n) is 2.19. The minimum absolute atomic E-state index is 0.211. The van der Waals surface area contributed by atoms with Gasteiger partial charge in [0, 0.05) is 4.88 Å². The molecule has 0 aliphatic carbocycles. The summed E-state index contributed by atoms with van der Waals surface area (Å²) in [6, 6.07) is 1.74. The molecule has 1 heterocycles. The van der Waals surface area contributed by atoms with Crippen LogP contribution in [0.1, 0.15) is 42.9 Å². The fourth-order valence-corrected chi connectivity index (χ4v) is 2.38. The van der Waals surface area contributed by atoms with Crippen LogP contribution < -0.4 is 5.32 Å². The number of esters is 1. The molecule has 0 aliphatic rings. The van der Waals surface area contributed by atoms with Gasteiger partial charge < -0.3 is 9.47 Å². The Hall–Kier alpha value is -1.56. The summed E-state index contributed by atoms with van der Waals surface area (Å²) in [6.45, 7) is 7.55. The van der Waals surface area contributed by atoms with E-state index < -0.39 is 12.1 Å². The summed E-state index contributed by atoms with van der Waals surface area (Å²) in [7, 11) is 0. The maximum atomic E-state index is 11.8. The summed E-state index contributed by atoms with van der Waals surface area (Å²) in [5, 5.41) is 3.07. The molecule has 0 aromatic carbocycles. The van der Waals surface area contributed by atoms with Crippen molar-refractivity contribution in [2.24, 2.45) is 0 Å². The molecule has 0 saturated heterocycles. The maximum Gasteiger partial charge on any atom is 0.412 e. The maximum absolute atomic E-state index is 11.8. The number of hydrogen-bond acceptors (Lipinski definition) is 5. The second kappa shape index (κ2) is 7.13. The Labute approximate surface area is 116 Å². The van der Waals surface area contributed by atoms with E-state index in [1.807, 2.05) is 6.92 Å². The zero-order chi connectivity index (χ0) is 14.4. The zero-order valence-electron chi connectivity index (χ0n) is 11.6. The summed E-state index contributed by atoms with van der Waals surface area (Å²) in [5.41, 5.74) is 0.379. The first kappa shape index (κ1) is 15.5. The van der Waals surface area contributed by atoms with Gasteiger partial charge >= 0.3 is 12.1 Å². The summed E-state index contributed by atoms with van der Waals surface area (Å²) in [6.07, 6.45) is 0.0135. The van der Waals surface area contributed by atoms with Gasteiger partial charge in [0.2, 0.25) is 0 Å². The van der Waals surface area contributed by atoms with Gasteiger partial charge in [-0.1, -0.05) is 6.92 Å². The van der Waals surface area contributed by atoms with Crippen molar-refractivity contribution in [2.45, 2.75) is 40.2 Å². The molecular formula is C13H19NO4S. The first-order valence-corrected chi connectivity index (χ1v) is 7.07. The quantitative estimate of drug-likeness (QED) is 0.842. The van der Waals surface area contributed by atoms with E-state index in [2.05, 4.69) is 5.32 Å². The largest absolute Gasteiger partial charge is 0.462 e. The van der Waals surface area contributed by atoms with Gasteiger partial charge in [0.05, 0.1) is 18.3 Å². The second-order valence-electron chi connectivity index (χ2n) is 4.11. The molecule has 1 amide bonds. The number of carbonyl (C=O) groups excluding carboxylic acids is 2. The van der Waals surface area contributed by atoms with Crippen LogP contribution in [-0.4, -0.2) is 24.8 Å². The standard InChI is InChI=1S/C13H19NO4S/c1-5-9-7-10(12(15)17-6-2)11(19-9)14-13(16)18-8(3)4/h7-8H,5-6H2,1-4H3,(H,14,16). The van der Waals surface area contributed by atoms with E-state index in [9.17, 15) is 9.59 Å². The fraction of sp³-hybridized carbons (Fsp3) is 0.538. The molecule has 19 heavy (non-hydrogen) atoms. The van der Waals surface area contributed by atoms with Crippen molar-refractivity contribution in [3.05, 3.63) is 16.5 Å². The van der Waals surface area contributed by atoms with Crippen molar-refractivity contribution in [3.8, 4) is 0 Å². The van der Waals surface area contributed by atoms with Gasteiger partial charge in [-0.25, -0.2) is 9.59 Å². The molecule has 0 radical (unpaired) electrons. The number of amides is 1. The van der Waals surface area contributed by atoms with Crippen LogP contribution in [0, 0.1) is 0 Å². The molecule has 0 aliphatic heterocycles. The Kier molecular flexibility index (Phi) is 5.82. The molecule has 0 fully saturated rings. The number of hydrogen-bond donors (Lipinski definition) is 1. The minimum Gasteiger partial charge on any atom is -0.462 e. The number of nitrogens with one attached hydrogen (secondary N) is 1. The average molecular weight is 285 g/mol. The second-order valence-corrected chi connectivity index (χ2v) is 5.25. The van der Waals surface area contributed by atoms with Gasteiger partial charge in [-0.3, -0.25) is 5.32 Å². The Bertz CT molecular complexity index is 453. The molecule has 1 rings (SSSR count). The molecule has 1 aromatic heterocycles. The molecule has 0 spiro atoms. The van der Waals surface area contributed by atoms with Crippen LogP contribution in [0.5, 0.6) is 0 Å². The normalized spacial score (nSPS) is 10.4. The Morgan fingerprint density at radius 1 is 1.37 bits per heavy atom. The highest BCUT2D eigenvalue weighted by Gasteiger charge is 2.19. The molecule has 0 unspecified atom stereocenters. The number of carbonyl (C=O) groups is 2. The topological polar surface area (TPSA) is 64.6 Å². The van der Waals surface area contributed by atoms with Gasteiger partial charge in [-0.05, 0) is 33.3 Å². The van der Waals surface area contributed by atoms with Crippen LogP contribution in [0.25, 0.3) is 0 Å². The van der Waals surface area contributed by atoms with Crippen LogP contribution >= 0.6 is 11.3 Å². The van der Waals surface area contributed by atoms with E-state index in [0.717, 1.165) is 11.3 Å². The van der Waals surface area contributed by atoms with Crippen LogP contribution in [-0.2, 0) is 15.9 Å². The molecule has 0 saturated carbocycles. The molecule has 0 atom stereocenters. The first-order chi connectivity index (χ1) is 8.97. The Morgan fingerprint density at radius 2 is 2.05 bits per heavy atom. The number of aryl methyl sites for hydroxylation is 1. The van der Waals surface area contributed by atoms with Crippen LogP contribution in [0.3, 0.4) is 0 Å². The van der Waals surface area contributed by atoms with Crippen molar-refractivity contribution >= 4 is 28.4 Å². The number of anilines is 1. The molecule has 0 bridgehead atoms. The minimum atomic E-state index is -0.565. The highest BCUT2D eigenvalue weighted by Crippen LogP contribution is 2.29. The van der Waals surface area contributed by atoms with Crippen LogP contribution in [0.2, 0.25) is 0 Å². The molecular weight excluding hydrogens is 266 g/mol. The van der Waals surface area contributed by atoms with Crippen molar-refractivity contribution in [1.82, 2.24) is 0 Å². The summed E-state index contributed by atoms with van der Waals surface area (Å²) >= 11 is 1.36. The van der Waals surface area contributed by atoms with E-state index in [1.165, 1.54) is 11.3 Å². The van der Waals surface area contributed by atoms with E-state index in [4.69, 9.17) is 9.47 Å². The lowest BCUT2D eigenvalue weighted by molar-refractivity contribution is 0.0528. The van der Waals surface area contributed by atoms with Crippen LogP contribution in [0.4, 0.5) is 9.80 Å². The smallest absolute Gasteiger partial charge is 0.412 e. The average Bonchev–Trinajstić information content (AvgIpc) is 2.71. The highest BCUT2D eigenvalue weighted by atomic mass is 32.1. The van der Waals surface area contributed by atoms with Crippen molar-refractivity contribution in [1.29, 1.82) is 0 Å². The summed E-state index contributed by atoms with van der Waals surface area (Å²) in [4.78, 5) is 24.4. The van der Waals surface area contributed by atoms with E-state index >= 15 is 0 Å². The predicted octanol–water partition coefficient (Wildman–Crippen LogP) is 3.44. The van der Waals surface area contributed by atoms with E-state index in [1.54, 1.807) is 26.8 Å². The molecule has 5 nitrogen and oxygen atoms in total. The van der Waals surface area contributed by atoms with Crippen molar-refractivity contribution in [3.63, 3.8) is 0 Å². The number of rotatable bonds is 5. The summed E-state index contributed by atoms with van der Waals surface area (Å²) in [5.74, 6) is -0.432. The Balaban J connectivity index is 2.89. The lowest BCUT2D eigenvalue weighted by Crippen LogP contribution is -2.18. The first-order valence-electron chi connectivity index (χ1n) is 6.25. The fourth-order valence-electron chi connectivity index (χ4n) is 1.41. The van der Waals surface area contributed by atoms with E-state index in [0.29, 0.717) is 17.2 Å². The highest BCUT2D eigenvalue weighted by molar-refractivity contribution is 7.16. The lowest BCUT2D eigenvalue weighted by atomic mass is 10.2. The van der Waals surface area contributed by atoms with Gasteiger partial charge in [0.25, 0.3) is 0 Å². The molecule has 106 valence electrons. The summed E-state index contributed by atoms with van der Waals surface area (Å²) < 4.78 is 9.96. The lowest BCUT2D eigenvalue weighted by Gasteiger charge is -2.09. The molecule has 1 N–H and O–H groups in total. The van der Waals surface area contributed by atoms with E-state index in [-0.39, 0.29) is 6.10 Å². The van der Waals surface area contributed by atoms with Crippen molar-refractivity contribution in [2.75, 3.05) is 11.9 Å². The third kappa shape index (κ3) is 4.55. The third-order valence-corrected chi connectivity index (χ3v) is 3.38. The molecule has 1 aromatic rings. The van der Waals surface area contributed by atoms with Gasteiger partial charge in [-0.15, -0.1) is 11.3 Å².